The van der Waals surface area contributed by atoms with Crippen LogP contribution in [-0.2, 0) is 4.74 Å². The zero-order valence-electron chi connectivity index (χ0n) is 14.8. The molecule has 1 saturated heterocycles. The summed E-state index contributed by atoms with van der Waals surface area (Å²) in [6.45, 7) is 6.18. The van der Waals surface area contributed by atoms with Crippen molar-refractivity contribution in [2.24, 2.45) is 0 Å². The highest BCUT2D eigenvalue weighted by Gasteiger charge is 2.24. The number of aryl methyl sites for hydroxylation is 1. The van der Waals surface area contributed by atoms with Gasteiger partial charge in [0, 0.05) is 44.7 Å². The van der Waals surface area contributed by atoms with Crippen molar-refractivity contribution in [2.75, 3.05) is 39.3 Å². The Kier molecular flexibility index (Phi) is 6.80. The van der Waals surface area contributed by atoms with Crippen molar-refractivity contribution in [3.8, 4) is 0 Å². The zero-order valence-corrected chi connectivity index (χ0v) is 14.8. The molecule has 7 heteroatoms. The number of carbonyl (C=O) groups excluding carboxylic acids is 3. The molecule has 1 aliphatic rings. The van der Waals surface area contributed by atoms with Crippen molar-refractivity contribution in [1.82, 2.24) is 15.1 Å². The number of nitrogens with zero attached hydrogens (tertiary/aromatic N) is 2. The zero-order chi connectivity index (χ0) is 18.2. The number of hydrogen-bond donors (Lipinski definition) is 1. The second-order valence-corrected chi connectivity index (χ2v) is 5.94. The molecular weight excluding hydrogens is 322 g/mol. The molecule has 1 aromatic carbocycles. The van der Waals surface area contributed by atoms with E-state index in [9.17, 15) is 14.4 Å². The van der Waals surface area contributed by atoms with E-state index < -0.39 is 0 Å². The van der Waals surface area contributed by atoms with Gasteiger partial charge in [-0.25, -0.2) is 9.59 Å². The molecule has 0 bridgehead atoms. The molecule has 7 nitrogen and oxygen atoms in total. The van der Waals surface area contributed by atoms with Gasteiger partial charge in [0.25, 0.3) is 0 Å². The fourth-order valence-corrected chi connectivity index (χ4v) is 2.59. The van der Waals surface area contributed by atoms with Crippen LogP contribution in [0.1, 0.15) is 29.3 Å². The fourth-order valence-electron chi connectivity index (χ4n) is 2.59. The highest BCUT2D eigenvalue weighted by atomic mass is 16.6. The van der Waals surface area contributed by atoms with E-state index in [2.05, 4.69) is 5.32 Å². The first-order valence-electron chi connectivity index (χ1n) is 8.55. The summed E-state index contributed by atoms with van der Waals surface area (Å²) in [5, 5.41) is 2.77. The second kappa shape index (κ2) is 9.05. The minimum atomic E-state index is -0.341. The number of ether oxygens (including phenoxy) is 1. The smallest absolute Gasteiger partial charge is 0.409 e. The lowest BCUT2D eigenvalue weighted by molar-refractivity contribution is 0.0849. The number of urea groups is 1. The SMILES string of the molecule is CCOC(=O)N1CCN(C(=O)NCCC(=O)c2ccc(C)cc2)CC1. The predicted octanol–water partition coefficient (Wildman–Crippen LogP) is 2.05. The maximum Gasteiger partial charge on any atom is 0.409 e. The summed E-state index contributed by atoms with van der Waals surface area (Å²) in [6.07, 6.45) is -0.0799. The lowest BCUT2D eigenvalue weighted by Gasteiger charge is -2.33. The van der Waals surface area contributed by atoms with Crippen molar-refractivity contribution in [3.63, 3.8) is 0 Å². The van der Waals surface area contributed by atoms with Gasteiger partial charge in [-0.2, -0.15) is 0 Å². The molecule has 0 aliphatic carbocycles. The molecule has 0 atom stereocenters. The predicted molar refractivity (Wildman–Crippen MR) is 93.7 cm³/mol. The van der Waals surface area contributed by atoms with Gasteiger partial charge in [0.05, 0.1) is 6.61 Å². The summed E-state index contributed by atoms with van der Waals surface area (Å²) in [4.78, 5) is 39.1. The van der Waals surface area contributed by atoms with Crippen molar-refractivity contribution < 1.29 is 19.1 Å². The molecule has 1 aliphatic heterocycles. The fraction of sp³-hybridized carbons (Fsp3) is 0.500. The third-order valence-electron chi connectivity index (χ3n) is 4.09. The molecule has 2 rings (SSSR count). The van der Waals surface area contributed by atoms with Gasteiger partial charge in [-0.05, 0) is 13.8 Å². The first-order valence-corrected chi connectivity index (χ1v) is 8.55. The molecule has 0 unspecified atom stereocenters. The van der Waals surface area contributed by atoms with Crippen LogP contribution in [0.25, 0.3) is 0 Å². The van der Waals surface area contributed by atoms with Crippen LogP contribution in [0.2, 0.25) is 0 Å². The van der Waals surface area contributed by atoms with Crippen LogP contribution < -0.4 is 5.32 Å². The molecular formula is C18H25N3O4. The third kappa shape index (κ3) is 5.48. The van der Waals surface area contributed by atoms with Gasteiger partial charge in [0.15, 0.2) is 5.78 Å². The average Bonchev–Trinajstić information content (AvgIpc) is 2.62. The van der Waals surface area contributed by atoms with Gasteiger partial charge >= 0.3 is 12.1 Å². The molecule has 0 saturated carbocycles. The van der Waals surface area contributed by atoms with Crippen molar-refractivity contribution in [2.45, 2.75) is 20.3 Å². The molecule has 1 heterocycles. The Morgan fingerprint density at radius 1 is 1.04 bits per heavy atom. The molecule has 3 amide bonds. The molecule has 0 radical (unpaired) electrons. The van der Waals surface area contributed by atoms with E-state index >= 15 is 0 Å². The number of amides is 3. The molecule has 136 valence electrons. The summed E-state index contributed by atoms with van der Waals surface area (Å²) < 4.78 is 4.95. The van der Waals surface area contributed by atoms with Crippen LogP contribution in [0.4, 0.5) is 9.59 Å². The molecule has 0 spiro atoms. The lowest BCUT2D eigenvalue weighted by Crippen LogP contribution is -2.53. The van der Waals surface area contributed by atoms with Gasteiger partial charge in [0.2, 0.25) is 0 Å². The normalized spacial score (nSPS) is 14.2. The summed E-state index contributed by atoms with van der Waals surface area (Å²) >= 11 is 0. The number of carbonyl (C=O) groups is 3. The Hall–Kier alpha value is -2.57. The maximum atomic E-state index is 12.1. The van der Waals surface area contributed by atoms with Crippen LogP contribution in [0.15, 0.2) is 24.3 Å². The van der Waals surface area contributed by atoms with E-state index in [1.165, 1.54) is 0 Å². The second-order valence-electron chi connectivity index (χ2n) is 5.94. The monoisotopic (exact) mass is 347 g/mol. The first kappa shape index (κ1) is 18.8. The van der Waals surface area contributed by atoms with Gasteiger partial charge in [-0.1, -0.05) is 29.8 Å². The topological polar surface area (TPSA) is 79.0 Å². The van der Waals surface area contributed by atoms with E-state index in [0.717, 1.165) is 5.56 Å². The van der Waals surface area contributed by atoms with E-state index in [1.807, 2.05) is 19.1 Å². The summed E-state index contributed by atoms with van der Waals surface area (Å²) in [5.74, 6) is 0.00688. The Morgan fingerprint density at radius 2 is 1.64 bits per heavy atom. The molecule has 0 aromatic heterocycles. The number of benzene rings is 1. The van der Waals surface area contributed by atoms with Gasteiger partial charge in [0.1, 0.15) is 0 Å². The van der Waals surface area contributed by atoms with Crippen molar-refractivity contribution >= 4 is 17.9 Å². The lowest BCUT2D eigenvalue weighted by atomic mass is 10.1. The van der Waals surface area contributed by atoms with Crippen LogP contribution >= 0.6 is 0 Å². The highest BCUT2D eigenvalue weighted by Crippen LogP contribution is 2.07. The minimum Gasteiger partial charge on any atom is -0.450 e. The summed E-state index contributed by atoms with van der Waals surface area (Å²) in [5.41, 5.74) is 1.76. The maximum absolute atomic E-state index is 12.1. The quantitative estimate of drug-likeness (QED) is 0.827. The Balaban J connectivity index is 1.70. The van der Waals surface area contributed by atoms with Gasteiger partial charge in [-0.15, -0.1) is 0 Å². The molecule has 1 aromatic rings. The number of nitrogens with one attached hydrogen (secondary N) is 1. The van der Waals surface area contributed by atoms with Crippen molar-refractivity contribution in [3.05, 3.63) is 35.4 Å². The van der Waals surface area contributed by atoms with Crippen LogP contribution in [-0.4, -0.2) is 67.0 Å². The Bertz CT molecular complexity index is 607. The summed E-state index contributed by atoms with van der Waals surface area (Å²) in [6, 6.07) is 7.19. The number of rotatable bonds is 5. The number of Topliss-reactive ketones (excluding diaryl/α,β-unsaturated/α-hetero) is 1. The van der Waals surface area contributed by atoms with Crippen LogP contribution in [0, 0.1) is 6.92 Å². The number of hydrogen-bond acceptors (Lipinski definition) is 4. The Morgan fingerprint density at radius 3 is 2.24 bits per heavy atom. The standard InChI is InChI=1S/C18H25N3O4/c1-3-25-18(24)21-12-10-20(11-13-21)17(23)19-9-8-16(22)15-6-4-14(2)5-7-15/h4-7H,3,8-13H2,1-2H3,(H,19,23). The third-order valence-corrected chi connectivity index (χ3v) is 4.09. The molecule has 1 N–H and O–H groups in total. The highest BCUT2D eigenvalue weighted by molar-refractivity contribution is 5.96. The molecule has 1 fully saturated rings. The average molecular weight is 347 g/mol. The van der Waals surface area contributed by atoms with Crippen LogP contribution in [0.3, 0.4) is 0 Å². The van der Waals surface area contributed by atoms with Crippen molar-refractivity contribution in [1.29, 1.82) is 0 Å². The number of piperazine rings is 1. The summed E-state index contributed by atoms with van der Waals surface area (Å²) in [7, 11) is 0. The Labute approximate surface area is 147 Å². The van der Waals surface area contributed by atoms with Crippen LogP contribution in [0.5, 0.6) is 0 Å². The van der Waals surface area contributed by atoms with E-state index in [4.69, 9.17) is 4.74 Å². The first-order chi connectivity index (χ1) is 12.0. The van der Waals surface area contributed by atoms with Gasteiger partial charge in [-0.3, -0.25) is 4.79 Å². The van der Waals surface area contributed by atoms with E-state index in [1.54, 1.807) is 28.9 Å². The van der Waals surface area contributed by atoms with E-state index in [0.29, 0.717) is 44.9 Å². The largest absolute Gasteiger partial charge is 0.450 e. The van der Waals surface area contributed by atoms with Gasteiger partial charge < -0.3 is 19.9 Å². The minimum absolute atomic E-state index is 0.00688. The van der Waals surface area contributed by atoms with E-state index in [-0.39, 0.29) is 24.3 Å². The molecule has 25 heavy (non-hydrogen) atoms. The number of ketones is 1.